The first-order valence-electron chi connectivity index (χ1n) is 2.89. The normalized spacial score (nSPS) is 9.80. The van der Waals surface area contributed by atoms with Gasteiger partial charge in [-0.3, -0.25) is 0 Å². The van der Waals surface area contributed by atoms with Crippen LogP contribution in [0.15, 0.2) is 12.1 Å². The molecule has 0 aromatic carbocycles. The van der Waals surface area contributed by atoms with Crippen LogP contribution in [0.1, 0.15) is 20.6 Å². The molecule has 0 amide bonds. The van der Waals surface area contributed by atoms with E-state index in [1.807, 2.05) is 12.1 Å². The number of hydrogen-bond donors (Lipinski definition) is 0. The van der Waals surface area contributed by atoms with Crippen molar-refractivity contribution < 1.29 is 4.79 Å². The maximum absolute atomic E-state index is 10.8. The molecule has 0 unspecified atom stereocenters. The van der Waals surface area contributed by atoms with Crippen molar-refractivity contribution in [3.63, 3.8) is 0 Å². The number of halogens is 1. The Morgan fingerprint density at radius 2 is 2.40 bits per heavy atom. The molecule has 0 saturated heterocycles. The van der Waals surface area contributed by atoms with Gasteiger partial charge in [0.15, 0.2) is 0 Å². The van der Waals surface area contributed by atoms with Crippen LogP contribution in [-0.2, 0) is 5.88 Å². The molecule has 1 aromatic heterocycles. The van der Waals surface area contributed by atoms with Crippen LogP contribution in [0.3, 0.4) is 0 Å². The van der Waals surface area contributed by atoms with Crippen molar-refractivity contribution in [2.24, 2.45) is 0 Å². The van der Waals surface area contributed by atoms with E-state index in [1.54, 1.807) is 6.92 Å². The summed E-state index contributed by atoms with van der Waals surface area (Å²) in [5.74, 6) is 0.740. The van der Waals surface area contributed by atoms with Crippen molar-refractivity contribution in [2.45, 2.75) is 12.8 Å². The molecule has 1 aromatic rings. The zero-order valence-electron chi connectivity index (χ0n) is 5.56. The van der Waals surface area contributed by atoms with E-state index < -0.39 is 0 Å². The van der Waals surface area contributed by atoms with Crippen LogP contribution >= 0.6 is 11.6 Å². The maximum atomic E-state index is 10.8. The van der Waals surface area contributed by atoms with Crippen molar-refractivity contribution >= 4 is 31.9 Å². The predicted molar refractivity (Wildman–Crippen MR) is 42.9 cm³/mol. The summed E-state index contributed by atoms with van der Waals surface area (Å²) in [6.45, 7) is 1.60. The molecule has 0 N–H and O–H groups in total. The number of carbonyl (C=O) groups excluding carboxylic acids is 1. The monoisotopic (exact) mass is 222 g/mol. The average Bonchev–Trinajstić information content (AvgIpc) is 2.34. The molecule has 3 heteroatoms. The van der Waals surface area contributed by atoms with Crippen molar-refractivity contribution in [3.8, 4) is 0 Å². The summed E-state index contributed by atoms with van der Waals surface area (Å²) < 4.78 is 2.13. The Morgan fingerprint density at radius 3 is 2.70 bits per heavy atom. The van der Waals surface area contributed by atoms with E-state index >= 15 is 0 Å². The Morgan fingerprint density at radius 1 is 1.70 bits per heavy atom. The van der Waals surface area contributed by atoms with Crippen molar-refractivity contribution in [1.82, 2.24) is 0 Å². The molecular formula is C7H7ClOSe. The Kier molecular flexibility index (Phi) is 2.72. The van der Waals surface area contributed by atoms with Crippen LogP contribution in [0.2, 0.25) is 0 Å². The minimum absolute atomic E-state index is 0.177. The summed E-state index contributed by atoms with van der Waals surface area (Å²) in [5, 5.41) is 0. The molecule has 1 heterocycles. The van der Waals surface area contributed by atoms with Gasteiger partial charge in [-0.05, 0) is 0 Å². The molecule has 0 aliphatic carbocycles. The summed E-state index contributed by atoms with van der Waals surface area (Å²) in [6, 6.07) is 3.82. The summed E-state index contributed by atoms with van der Waals surface area (Å²) >= 11 is 5.80. The number of alkyl halides is 1. The van der Waals surface area contributed by atoms with E-state index in [1.165, 1.54) is 4.44 Å². The van der Waals surface area contributed by atoms with Crippen LogP contribution in [0.25, 0.3) is 0 Å². The number of hydrogen-bond acceptors (Lipinski definition) is 1. The van der Waals surface area contributed by atoms with Gasteiger partial charge in [-0.15, -0.1) is 0 Å². The average molecular weight is 222 g/mol. The third-order valence-electron chi connectivity index (χ3n) is 1.14. The van der Waals surface area contributed by atoms with E-state index in [-0.39, 0.29) is 20.3 Å². The van der Waals surface area contributed by atoms with Gasteiger partial charge in [0.1, 0.15) is 0 Å². The number of rotatable bonds is 2. The molecule has 0 aliphatic rings. The third-order valence-corrected chi connectivity index (χ3v) is 4.28. The molecule has 0 aliphatic heterocycles. The Balaban J connectivity index is 2.88. The van der Waals surface area contributed by atoms with E-state index in [0.29, 0.717) is 5.88 Å². The molecule has 1 nitrogen and oxygen atoms in total. The molecule has 0 atom stereocenters. The number of Topliss-reactive ketones (excluding diaryl/α,β-unsaturated/α-hetero) is 1. The van der Waals surface area contributed by atoms with Gasteiger partial charge < -0.3 is 0 Å². The van der Waals surface area contributed by atoms with E-state index in [4.69, 9.17) is 11.6 Å². The van der Waals surface area contributed by atoms with Crippen molar-refractivity contribution in [1.29, 1.82) is 0 Å². The molecule has 0 saturated carbocycles. The van der Waals surface area contributed by atoms with Gasteiger partial charge in [0.05, 0.1) is 0 Å². The van der Waals surface area contributed by atoms with Gasteiger partial charge in [0.25, 0.3) is 0 Å². The Hall–Kier alpha value is -0.0405. The molecular weight excluding hydrogens is 214 g/mol. The summed E-state index contributed by atoms with van der Waals surface area (Å²) in [6.07, 6.45) is 0. The molecule has 54 valence electrons. The van der Waals surface area contributed by atoms with Gasteiger partial charge in [0.2, 0.25) is 0 Å². The zero-order valence-corrected chi connectivity index (χ0v) is 8.03. The topological polar surface area (TPSA) is 17.1 Å². The van der Waals surface area contributed by atoms with Crippen molar-refractivity contribution in [3.05, 3.63) is 21.0 Å². The summed E-state index contributed by atoms with van der Waals surface area (Å²) in [7, 11) is 0. The van der Waals surface area contributed by atoms with Gasteiger partial charge in [-0.2, -0.15) is 0 Å². The molecule has 1 rings (SSSR count). The molecule has 0 bridgehead atoms. The van der Waals surface area contributed by atoms with Gasteiger partial charge in [-0.25, -0.2) is 0 Å². The van der Waals surface area contributed by atoms with Crippen LogP contribution in [0, 0.1) is 0 Å². The standard InChI is InChI=1S/C7H7ClOSe/c1-5(9)7-3-2-6(4-8)10-7/h2-3H,4H2,1H3. The molecule has 0 radical (unpaired) electrons. The van der Waals surface area contributed by atoms with Crippen LogP contribution in [-0.4, -0.2) is 20.3 Å². The number of carbonyl (C=O) groups is 1. The second kappa shape index (κ2) is 3.38. The van der Waals surface area contributed by atoms with Gasteiger partial charge in [0, 0.05) is 0 Å². The first-order chi connectivity index (χ1) is 4.74. The Labute approximate surface area is 70.7 Å². The van der Waals surface area contributed by atoms with Crippen molar-refractivity contribution in [2.75, 3.05) is 0 Å². The fourth-order valence-corrected chi connectivity index (χ4v) is 2.59. The van der Waals surface area contributed by atoms with Crippen LogP contribution < -0.4 is 0 Å². The molecule has 0 fully saturated rings. The second-order valence-corrected chi connectivity index (χ2v) is 4.67. The molecule has 0 spiro atoms. The minimum atomic E-state index is 0.177. The van der Waals surface area contributed by atoms with E-state index in [9.17, 15) is 4.79 Å². The van der Waals surface area contributed by atoms with Crippen LogP contribution in [0.4, 0.5) is 0 Å². The quantitative estimate of drug-likeness (QED) is 0.422. The first-order valence-corrected chi connectivity index (χ1v) is 5.14. The fraction of sp³-hybridized carbons (Fsp3) is 0.286. The summed E-state index contributed by atoms with van der Waals surface area (Å²) in [4.78, 5) is 10.8. The zero-order chi connectivity index (χ0) is 7.56. The Bertz CT molecular complexity index is 242. The summed E-state index contributed by atoms with van der Waals surface area (Å²) in [5.41, 5.74) is 0. The number of ketones is 1. The van der Waals surface area contributed by atoms with E-state index in [2.05, 4.69) is 0 Å². The SMILES string of the molecule is CC(=O)c1ccc(CCl)[se]1. The molecule has 10 heavy (non-hydrogen) atoms. The third kappa shape index (κ3) is 1.72. The second-order valence-electron chi connectivity index (χ2n) is 1.96. The first kappa shape index (κ1) is 8.06. The fourth-order valence-electron chi connectivity index (χ4n) is 0.639. The predicted octanol–water partition coefficient (Wildman–Crippen LogP) is 1.69. The van der Waals surface area contributed by atoms with Gasteiger partial charge in [-0.1, -0.05) is 0 Å². The van der Waals surface area contributed by atoms with Crippen LogP contribution in [0.5, 0.6) is 0 Å². The van der Waals surface area contributed by atoms with Gasteiger partial charge >= 0.3 is 70.5 Å². The van der Waals surface area contributed by atoms with E-state index in [0.717, 1.165) is 4.44 Å².